The fourth-order valence-electron chi connectivity index (χ4n) is 2.33. The van der Waals surface area contributed by atoms with Gasteiger partial charge in [-0.2, -0.15) is 0 Å². The van der Waals surface area contributed by atoms with Crippen LogP contribution in [0, 0.1) is 17.6 Å². The van der Waals surface area contributed by atoms with Gasteiger partial charge in [0.25, 0.3) is 0 Å². The third-order valence-corrected chi connectivity index (χ3v) is 3.95. The first-order valence-electron chi connectivity index (χ1n) is 5.18. The minimum absolute atomic E-state index is 0.156. The smallest absolute Gasteiger partial charge is 0.159 e. The molecule has 0 aromatic heterocycles. The highest BCUT2D eigenvalue weighted by Gasteiger charge is 2.32. The summed E-state index contributed by atoms with van der Waals surface area (Å²) in [4.78, 5) is 0. The molecule has 3 unspecified atom stereocenters. The monoisotopic (exact) mass is 230 g/mol. The molecule has 0 N–H and O–H groups in total. The molecule has 1 saturated carbocycles. The molecule has 82 valence electrons. The molecule has 0 radical (unpaired) electrons. The number of halogens is 3. The summed E-state index contributed by atoms with van der Waals surface area (Å²) in [5.41, 5.74) is 0.865. The zero-order valence-corrected chi connectivity index (χ0v) is 9.27. The Morgan fingerprint density at radius 2 is 1.93 bits per heavy atom. The van der Waals surface area contributed by atoms with Crippen LogP contribution in [-0.4, -0.2) is 5.38 Å². The van der Waals surface area contributed by atoms with Gasteiger partial charge in [-0.15, -0.1) is 11.6 Å². The molecular weight excluding hydrogens is 218 g/mol. The van der Waals surface area contributed by atoms with E-state index in [1.807, 2.05) is 0 Å². The minimum Gasteiger partial charge on any atom is -0.204 e. The fraction of sp³-hybridized carbons (Fsp3) is 0.500. The summed E-state index contributed by atoms with van der Waals surface area (Å²) in [6, 6.07) is 4.15. The molecular formula is C12H13ClF2. The molecule has 3 heteroatoms. The van der Waals surface area contributed by atoms with Crippen LogP contribution in [-0.2, 0) is 0 Å². The second-order valence-corrected chi connectivity index (χ2v) is 4.79. The van der Waals surface area contributed by atoms with E-state index in [9.17, 15) is 8.78 Å². The largest absolute Gasteiger partial charge is 0.204 e. The van der Waals surface area contributed by atoms with Crippen LogP contribution in [0.5, 0.6) is 0 Å². The van der Waals surface area contributed by atoms with Crippen molar-refractivity contribution in [2.24, 2.45) is 5.92 Å². The Labute approximate surface area is 93.2 Å². The maximum Gasteiger partial charge on any atom is 0.159 e. The van der Waals surface area contributed by atoms with Gasteiger partial charge in [-0.05, 0) is 42.4 Å². The van der Waals surface area contributed by atoms with E-state index in [4.69, 9.17) is 11.6 Å². The van der Waals surface area contributed by atoms with E-state index in [0.717, 1.165) is 18.4 Å². The molecule has 0 nitrogen and oxygen atoms in total. The maximum absolute atomic E-state index is 13.0. The van der Waals surface area contributed by atoms with Gasteiger partial charge in [-0.25, -0.2) is 8.78 Å². The quantitative estimate of drug-likeness (QED) is 0.638. The van der Waals surface area contributed by atoms with Crippen molar-refractivity contribution in [1.82, 2.24) is 0 Å². The predicted molar refractivity (Wildman–Crippen MR) is 57.1 cm³/mol. The highest BCUT2D eigenvalue weighted by molar-refractivity contribution is 6.21. The van der Waals surface area contributed by atoms with Gasteiger partial charge in [0.05, 0.1) is 0 Å². The van der Waals surface area contributed by atoms with Gasteiger partial charge in [0, 0.05) is 5.38 Å². The van der Waals surface area contributed by atoms with Gasteiger partial charge in [-0.1, -0.05) is 13.0 Å². The molecule has 1 fully saturated rings. The molecule has 1 aliphatic carbocycles. The van der Waals surface area contributed by atoms with Crippen LogP contribution in [0.4, 0.5) is 8.78 Å². The molecule has 2 rings (SSSR count). The first-order valence-corrected chi connectivity index (χ1v) is 5.62. The molecule has 0 saturated heterocycles. The van der Waals surface area contributed by atoms with Gasteiger partial charge in [0.1, 0.15) is 0 Å². The Hall–Kier alpha value is -0.630. The molecule has 3 atom stereocenters. The van der Waals surface area contributed by atoms with Gasteiger partial charge in [0.15, 0.2) is 11.6 Å². The van der Waals surface area contributed by atoms with Crippen molar-refractivity contribution < 1.29 is 8.78 Å². The Kier molecular flexibility index (Phi) is 2.96. The summed E-state index contributed by atoms with van der Waals surface area (Å²) in [5, 5.41) is 0.156. The van der Waals surface area contributed by atoms with E-state index in [-0.39, 0.29) is 11.3 Å². The number of alkyl halides is 1. The molecule has 0 heterocycles. The van der Waals surface area contributed by atoms with E-state index in [2.05, 4.69) is 6.92 Å². The lowest BCUT2D eigenvalue weighted by molar-refractivity contribution is 0.496. The molecule has 1 aliphatic rings. The molecule has 0 amide bonds. The van der Waals surface area contributed by atoms with Crippen molar-refractivity contribution in [3.05, 3.63) is 35.4 Å². The normalized spacial score (nSPS) is 30.8. The van der Waals surface area contributed by atoms with E-state index < -0.39 is 11.6 Å². The van der Waals surface area contributed by atoms with Crippen LogP contribution < -0.4 is 0 Å². The van der Waals surface area contributed by atoms with Crippen LogP contribution in [0.1, 0.15) is 31.2 Å². The van der Waals surface area contributed by atoms with E-state index in [0.29, 0.717) is 5.92 Å². The van der Waals surface area contributed by atoms with Gasteiger partial charge in [0.2, 0.25) is 0 Å². The lowest BCUT2D eigenvalue weighted by Crippen LogP contribution is -2.09. The fourth-order valence-corrected chi connectivity index (χ4v) is 2.63. The molecule has 15 heavy (non-hydrogen) atoms. The predicted octanol–water partition coefficient (Wildman–Crippen LogP) is 4.09. The van der Waals surface area contributed by atoms with Gasteiger partial charge in [-0.3, -0.25) is 0 Å². The van der Waals surface area contributed by atoms with Crippen molar-refractivity contribution >= 4 is 11.6 Å². The third-order valence-electron chi connectivity index (χ3n) is 3.33. The lowest BCUT2D eigenvalue weighted by atomic mass is 9.90. The Bertz CT molecular complexity index is 365. The first-order chi connectivity index (χ1) is 7.09. The van der Waals surface area contributed by atoms with E-state index in [1.54, 1.807) is 6.07 Å². The number of benzene rings is 1. The zero-order valence-electron chi connectivity index (χ0n) is 8.51. The Balaban J connectivity index is 2.26. The van der Waals surface area contributed by atoms with Crippen molar-refractivity contribution in [2.45, 2.75) is 31.1 Å². The second-order valence-electron chi connectivity index (χ2n) is 4.23. The van der Waals surface area contributed by atoms with Crippen LogP contribution in [0.15, 0.2) is 18.2 Å². The van der Waals surface area contributed by atoms with Crippen LogP contribution >= 0.6 is 11.6 Å². The van der Waals surface area contributed by atoms with Crippen LogP contribution in [0.2, 0.25) is 0 Å². The average Bonchev–Trinajstić information content (AvgIpc) is 2.53. The highest BCUT2D eigenvalue weighted by Crippen LogP contribution is 2.42. The van der Waals surface area contributed by atoms with Crippen LogP contribution in [0.3, 0.4) is 0 Å². The molecule has 0 aliphatic heterocycles. The Morgan fingerprint density at radius 1 is 1.20 bits per heavy atom. The van der Waals surface area contributed by atoms with Gasteiger partial charge >= 0.3 is 0 Å². The number of rotatable bonds is 1. The second kappa shape index (κ2) is 4.09. The molecule has 0 bridgehead atoms. The lowest BCUT2D eigenvalue weighted by Gasteiger charge is -2.17. The standard InChI is InChI=1S/C12H13ClF2/c1-7-9(3-4-10(7)13)8-2-5-11(14)12(15)6-8/h2,5-7,9-10H,3-4H2,1H3. The topological polar surface area (TPSA) is 0 Å². The summed E-state index contributed by atoms with van der Waals surface area (Å²) in [6.45, 7) is 2.07. The number of hydrogen-bond acceptors (Lipinski definition) is 0. The van der Waals surface area contributed by atoms with Crippen molar-refractivity contribution in [3.63, 3.8) is 0 Å². The molecule has 0 spiro atoms. The SMILES string of the molecule is CC1C(Cl)CCC1c1ccc(F)c(F)c1. The summed E-state index contributed by atoms with van der Waals surface area (Å²) < 4.78 is 25.8. The van der Waals surface area contributed by atoms with E-state index >= 15 is 0 Å². The maximum atomic E-state index is 13.0. The highest BCUT2D eigenvalue weighted by atomic mass is 35.5. The minimum atomic E-state index is -0.785. The zero-order chi connectivity index (χ0) is 11.0. The number of hydrogen-bond donors (Lipinski definition) is 0. The van der Waals surface area contributed by atoms with Crippen LogP contribution in [0.25, 0.3) is 0 Å². The summed E-state index contributed by atoms with van der Waals surface area (Å²) in [7, 11) is 0. The molecule has 1 aromatic rings. The van der Waals surface area contributed by atoms with Crippen molar-refractivity contribution in [1.29, 1.82) is 0 Å². The summed E-state index contributed by atoms with van der Waals surface area (Å²) in [5.74, 6) is -0.955. The molecule has 1 aromatic carbocycles. The summed E-state index contributed by atoms with van der Waals surface area (Å²) >= 11 is 6.11. The Morgan fingerprint density at radius 3 is 2.47 bits per heavy atom. The third kappa shape index (κ3) is 2.00. The van der Waals surface area contributed by atoms with Crippen molar-refractivity contribution in [3.8, 4) is 0 Å². The van der Waals surface area contributed by atoms with Crippen molar-refractivity contribution in [2.75, 3.05) is 0 Å². The summed E-state index contributed by atoms with van der Waals surface area (Å²) in [6.07, 6.45) is 1.91. The van der Waals surface area contributed by atoms with E-state index in [1.165, 1.54) is 12.1 Å². The average molecular weight is 231 g/mol. The first kappa shape index (κ1) is 10.9. The van der Waals surface area contributed by atoms with Gasteiger partial charge < -0.3 is 0 Å².